The summed E-state index contributed by atoms with van der Waals surface area (Å²) < 4.78 is 23.6. The highest BCUT2D eigenvalue weighted by Gasteiger charge is 2.18. The summed E-state index contributed by atoms with van der Waals surface area (Å²) in [5, 5.41) is 2.23. The SMILES string of the molecule is Cc1ccc(S(C)(=O)=O)cc1C(=O)N(C)Cc1cccc2ccccc12. The molecule has 3 aromatic carbocycles. The molecule has 0 aliphatic carbocycles. The molecular weight excluding hydrogens is 346 g/mol. The first-order chi connectivity index (χ1) is 12.3. The molecule has 0 fully saturated rings. The van der Waals surface area contributed by atoms with Gasteiger partial charge in [0.1, 0.15) is 0 Å². The normalized spacial score (nSPS) is 11.5. The average molecular weight is 367 g/mol. The van der Waals surface area contributed by atoms with E-state index in [9.17, 15) is 13.2 Å². The highest BCUT2D eigenvalue weighted by molar-refractivity contribution is 7.90. The molecule has 0 bridgehead atoms. The van der Waals surface area contributed by atoms with Crippen LogP contribution in [0.2, 0.25) is 0 Å². The van der Waals surface area contributed by atoms with Gasteiger partial charge in [-0.15, -0.1) is 0 Å². The Kier molecular flexibility index (Phi) is 4.83. The monoisotopic (exact) mass is 367 g/mol. The van der Waals surface area contributed by atoms with Gasteiger partial charge in [0.2, 0.25) is 0 Å². The van der Waals surface area contributed by atoms with Crippen LogP contribution in [0, 0.1) is 6.92 Å². The molecule has 0 aliphatic rings. The number of carbonyl (C=O) groups excluding carboxylic acids is 1. The fourth-order valence-electron chi connectivity index (χ4n) is 3.03. The first-order valence-corrected chi connectivity index (χ1v) is 10.2. The van der Waals surface area contributed by atoms with E-state index in [-0.39, 0.29) is 10.8 Å². The maximum Gasteiger partial charge on any atom is 0.254 e. The van der Waals surface area contributed by atoms with Crippen LogP contribution in [-0.2, 0) is 16.4 Å². The van der Waals surface area contributed by atoms with E-state index in [1.54, 1.807) is 18.0 Å². The number of carbonyl (C=O) groups is 1. The van der Waals surface area contributed by atoms with Crippen molar-refractivity contribution in [3.8, 4) is 0 Å². The first kappa shape index (κ1) is 18.1. The second-order valence-corrected chi connectivity index (χ2v) is 8.56. The predicted octanol–water partition coefficient (Wildman–Crippen LogP) is 3.82. The molecule has 3 rings (SSSR count). The predicted molar refractivity (Wildman–Crippen MR) is 104 cm³/mol. The summed E-state index contributed by atoms with van der Waals surface area (Å²) in [4.78, 5) is 14.7. The lowest BCUT2D eigenvalue weighted by Crippen LogP contribution is -2.27. The van der Waals surface area contributed by atoms with Gasteiger partial charge in [-0.05, 0) is 41.0 Å². The summed E-state index contributed by atoms with van der Waals surface area (Å²) >= 11 is 0. The summed E-state index contributed by atoms with van der Waals surface area (Å²) in [6.07, 6.45) is 1.14. The second kappa shape index (κ2) is 6.92. The third kappa shape index (κ3) is 3.63. The molecule has 0 heterocycles. The van der Waals surface area contributed by atoms with E-state index < -0.39 is 9.84 Å². The van der Waals surface area contributed by atoms with Crippen LogP contribution < -0.4 is 0 Å². The highest BCUT2D eigenvalue weighted by Crippen LogP contribution is 2.22. The molecule has 5 heteroatoms. The van der Waals surface area contributed by atoms with Crippen molar-refractivity contribution in [2.24, 2.45) is 0 Å². The number of nitrogens with zero attached hydrogens (tertiary/aromatic N) is 1. The van der Waals surface area contributed by atoms with Crippen LogP contribution >= 0.6 is 0 Å². The van der Waals surface area contributed by atoms with E-state index >= 15 is 0 Å². The summed E-state index contributed by atoms with van der Waals surface area (Å²) in [7, 11) is -1.63. The first-order valence-electron chi connectivity index (χ1n) is 8.30. The molecule has 0 unspecified atom stereocenters. The lowest BCUT2D eigenvalue weighted by Gasteiger charge is -2.20. The number of amides is 1. The van der Waals surface area contributed by atoms with Crippen LogP contribution in [0.25, 0.3) is 10.8 Å². The zero-order chi connectivity index (χ0) is 18.9. The van der Waals surface area contributed by atoms with Gasteiger partial charge >= 0.3 is 0 Å². The van der Waals surface area contributed by atoms with E-state index in [0.29, 0.717) is 12.1 Å². The van der Waals surface area contributed by atoms with Crippen LogP contribution in [-0.4, -0.2) is 32.5 Å². The molecule has 1 amide bonds. The number of sulfone groups is 1. The minimum absolute atomic E-state index is 0.157. The number of benzene rings is 3. The molecule has 0 radical (unpaired) electrons. The van der Waals surface area contributed by atoms with Crippen LogP contribution in [0.3, 0.4) is 0 Å². The quantitative estimate of drug-likeness (QED) is 0.704. The lowest BCUT2D eigenvalue weighted by atomic mass is 10.0. The van der Waals surface area contributed by atoms with Gasteiger partial charge in [0.25, 0.3) is 5.91 Å². The smallest absolute Gasteiger partial charge is 0.254 e. The third-order valence-corrected chi connectivity index (χ3v) is 5.61. The van der Waals surface area contributed by atoms with Gasteiger partial charge < -0.3 is 4.90 Å². The van der Waals surface area contributed by atoms with E-state index in [1.165, 1.54) is 12.1 Å². The van der Waals surface area contributed by atoms with Crippen LogP contribution in [0.1, 0.15) is 21.5 Å². The topological polar surface area (TPSA) is 54.5 Å². The Labute approximate surface area is 154 Å². The van der Waals surface area contributed by atoms with E-state index in [0.717, 1.165) is 28.2 Å². The molecule has 0 N–H and O–H groups in total. The van der Waals surface area contributed by atoms with Crippen molar-refractivity contribution in [1.82, 2.24) is 4.90 Å². The average Bonchev–Trinajstić information content (AvgIpc) is 2.61. The Hall–Kier alpha value is -2.66. The fraction of sp³-hybridized carbons (Fsp3) is 0.190. The van der Waals surface area contributed by atoms with E-state index in [4.69, 9.17) is 0 Å². The van der Waals surface area contributed by atoms with E-state index in [2.05, 4.69) is 0 Å². The number of rotatable bonds is 4. The van der Waals surface area contributed by atoms with Crippen molar-refractivity contribution in [3.05, 3.63) is 77.4 Å². The molecule has 0 aromatic heterocycles. The zero-order valence-electron chi connectivity index (χ0n) is 15.1. The Morgan fingerprint density at radius 2 is 1.69 bits per heavy atom. The summed E-state index contributed by atoms with van der Waals surface area (Å²) in [5.74, 6) is -0.194. The van der Waals surface area contributed by atoms with Crippen LogP contribution in [0.4, 0.5) is 0 Å². The van der Waals surface area contributed by atoms with Gasteiger partial charge in [0, 0.05) is 25.4 Å². The molecule has 0 atom stereocenters. The van der Waals surface area contributed by atoms with E-state index in [1.807, 2.05) is 49.4 Å². The van der Waals surface area contributed by atoms with Gasteiger partial charge in [-0.3, -0.25) is 4.79 Å². The Morgan fingerprint density at radius 1 is 1.00 bits per heavy atom. The number of hydrogen-bond donors (Lipinski definition) is 0. The largest absolute Gasteiger partial charge is 0.337 e. The minimum atomic E-state index is -3.36. The van der Waals surface area contributed by atoms with Gasteiger partial charge in [0.15, 0.2) is 9.84 Å². The summed E-state index contributed by atoms with van der Waals surface area (Å²) in [6, 6.07) is 18.7. The van der Waals surface area contributed by atoms with Crippen LogP contribution in [0.15, 0.2) is 65.6 Å². The summed E-state index contributed by atoms with van der Waals surface area (Å²) in [5.41, 5.74) is 2.22. The summed E-state index contributed by atoms with van der Waals surface area (Å²) in [6.45, 7) is 2.26. The maximum absolute atomic E-state index is 12.9. The molecule has 3 aromatic rings. The van der Waals surface area contributed by atoms with Crippen molar-refractivity contribution in [2.45, 2.75) is 18.4 Å². The number of aryl methyl sites for hydroxylation is 1. The van der Waals surface area contributed by atoms with Crippen molar-refractivity contribution in [3.63, 3.8) is 0 Å². The van der Waals surface area contributed by atoms with Gasteiger partial charge in [-0.25, -0.2) is 8.42 Å². The Bertz CT molecular complexity index is 1080. The number of fused-ring (bicyclic) bond motifs is 1. The zero-order valence-corrected chi connectivity index (χ0v) is 15.9. The van der Waals surface area contributed by atoms with Gasteiger partial charge in [0.05, 0.1) is 4.90 Å². The van der Waals surface area contributed by atoms with Crippen molar-refractivity contribution >= 4 is 26.5 Å². The minimum Gasteiger partial charge on any atom is -0.337 e. The Balaban J connectivity index is 1.93. The van der Waals surface area contributed by atoms with Crippen molar-refractivity contribution in [2.75, 3.05) is 13.3 Å². The molecule has 0 saturated carbocycles. The van der Waals surface area contributed by atoms with Gasteiger partial charge in [-0.2, -0.15) is 0 Å². The second-order valence-electron chi connectivity index (χ2n) is 6.55. The Morgan fingerprint density at radius 3 is 2.42 bits per heavy atom. The molecular formula is C21H21NO3S. The lowest BCUT2D eigenvalue weighted by molar-refractivity contribution is 0.0784. The molecule has 26 heavy (non-hydrogen) atoms. The molecule has 0 aliphatic heterocycles. The van der Waals surface area contributed by atoms with Crippen molar-refractivity contribution in [1.29, 1.82) is 0 Å². The standard InChI is InChI=1S/C21H21NO3S/c1-15-11-12-18(26(3,24)25)13-20(15)21(23)22(2)14-17-9-6-8-16-7-4-5-10-19(16)17/h4-13H,14H2,1-3H3. The number of hydrogen-bond acceptors (Lipinski definition) is 3. The molecule has 0 saturated heterocycles. The van der Waals surface area contributed by atoms with Gasteiger partial charge in [-0.1, -0.05) is 48.5 Å². The fourth-order valence-corrected chi connectivity index (χ4v) is 3.67. The third-order valence-electron chi connectivity index (χ3n) is 4.50. The van der Waals surface area contributed by atoms with Crippen molar-refractivity contribution < 1.29 is 13.2 Å². The molecule has 134 valence electrons. The molecule has 0 spiro atoms. The maximum atomic E-state index is 12.9. The molecule has 4 nitrogen and oxygen atoms in total. The van der Waals surface area contributed by atoms with Crippen LogP contribution in [0.5, 0.6) is 0 Å². The highest BCUT2D eigenvalue weighted by atomic mass is 32.2.